The third-order valence-corrected chi connectivity index (χ3v) is 8.25. The van der Waals surface area contributed by atoms with Gasteiger partial charge in [0.05, 0.1) is 28.5 Å². The van der Waals surface area contributed by atoms with Crippen LogP contribution in [-0.2, 0) is 43.5 Å². The second kappa shape index (κ2) is 11.1. The number of alkyl carbamates (subject to hydrolysis) is 1. The summed E-state index contributed by atoms with van der Waals surface area (Å²) in [5, 5.41) is 7.36. The molecule has 2 heterocycles. The normalized spacial score (nSPS) is 16.8. The number of sulfone groups is 1. The number of aromatic nitrogens is 2. The number of amides is 3. The van der Waals surface area contributed by atoms with Crippen molar-refractivity contribution < 1.29 is 27.5 Å². The lowest BCUT2D eigenvalue weighted by molar-refractivity contribution is -0.132. The highest BCUT2D eigenvalue weighted by atomic mass is 32.2. The van der Waals surface area contributed by atoms with Gasteiger partial charge in [-0.2, -0.15) is 5.10 Å². The van der Waals surface area contributed by atoms with Crippen LogP contribution in [0.5, 0.6) is 0 Å². The highest BCUT2D eigenvalue weighted by molar-refractivity contribution is 7.91. The lowest BCUT2D eigenvalue weighted by Gasteiger charge is -2.34. The molecule has 1 aromatic heterocycles. The molecule has 2 aromatic rings. The third kappa shape index (κ3) is 6.87. The predicted octanol–water partition coefficient (Wildman–Crippen LogP) is 4.43. The molecule has 39 heavy (non-hydrogen) atoms. The predicted molar refractivity (Wildman–Crippen MR) is 147 cm³/mol. The summed E-state index contributed by atoms with van der Waals surface area (Å²) >= 11 is 0. The average molecular weight is 561 g/mol. The van der Waals surface area contributed by atoms with Gasteiger partial charge in [-0.05, 0) is 64.2 Å². The number of hydrogen-bond acceptors (Lipinski definition) is 7. The second-order valence-corrected chi connectivity index (χ2v) is 13.7. The van der Waals surface area contributed by atoms with Crippen LogP contribution in [0.15, 0.2) is 34.1 Å². The van der Waals surface area contributed by atoms with Crippen molar-refractivity contribution in [2.24, 2.45) is 5.41 Å². The molecule has 1 saturated heterocycles. The number of ether oxygens (including phenoxy) is 1. The van der Waals surface area contributed by atoms with Crippen molar-refractivity contribution in [2.45, 2.75) is 109 Å². The van der Waals surface area contributed by atoms with Crippen LogP contribution in [0, 0.1) is 5.41 Å². The number of anilines is 1. The molecule has 0 spiro atoms. The molecule has 0 saturated carbocycles. The minimum absolute atomic E-state index is 0.0192. The number of carbonyl (C=O) groups excluding carboxylic acids is 3. The van der Waals surface area contributed by atoms with Crippen LogP contribution in [-0.4, -0.2) is 47.7 Å². The minimum atomic E-state index is -4.05. The van der Waals surface area contributed by atoms with Crippen molar-refractivity contribution in [2.75, 3.05) is 4.90 Å². The molecule has 1 aliphatic heterocycles. The van der Waals surface area contributed by atoms with E-state index in [0.29, 0.717) is 24.2 Å². The van der Waals surface area contributed by atoms with Crippen LogP contribution in [0.25, 0.3) is 0 Å². The van der Waals surface area contributed by atoms with Gasteiger partial charge in [-0.15, -0.1) is 0 Å². The first-order valence-corrected chi connectivity index (χ1v) is 14.8. The Kier molecular flexibility index (Phi) is 8.64. The average Bonchev–Trinajstić information content (AvgIpc) is 3.14. The fraction of sp³-hybridized carbons (Fsp3) is 0.571. The van der Waals surface area contributed by atoms with Crippen LogP contribution in [0.2, 0.25) is 0 Å². The maximum atomic E-state index is 14.0. The Morgan fingerprint density at radius 1 is 1.13 bits per heavy atom. The van der Waals surface area contributed by atoms with Gasteiger partial charge in [0.2, 0.25) is 21.7 Å². The number of piperidine rings is 1. The second-order valence-electron chi connectivity index (χ2n) is 11.8. The molecule has 0 bridgehead atoms. The highest BCUT2D eigenvalue weighted by Crippen LogP contribution is 2.36. The van der Waals surface area contributed by atoms with Crippen molar-refractivity contribution in [1.29, 1.82) is 0 Å². The monoisotopic (exact) mass is 560 g/mol. The van der Waals surface area contributed by atoms with E-state index in [1.54, 1.807) is 38.4 Å². The van der Waals surface area contributed by atoms with E-state index in [1.165, 1.54) is 18.2 Å². The number of hydrogen-bond donors (Lipinski definition) is 1. The summed E-state index contributed by atoms with van der Waals surface area (Å²) in [4.78, 5) is 39.0. The Bertz CT molecular complexity index is 1350. The Morgan fingerprint density at radius 2 is 1.74 bits per heavy atom. The largest absolute Gasteiger partial charge is 0.444 e. The quantitative estimate of drug-likeness (QED) is 0.473. The van der Waals surface area contributed by atoms with Crippen molar-refractivity contribution >= 4 is 33.4 Å². The SMILES string of the molecule is CCc1nn(CC(C)NC(=O)OC(C)(C)C)c(CC)c1S(=O)(=O)c1cccc(N2C(=O)CC(C)(C)CC2=O)c1. The fourth-order valence-corrected chi connectivity index (χ4v) is 6.58. The van der Waals surface area contributed by atoms with E-state index in [-0.39, 0.29) is 52.7 Å². The van der Waals surface area contributed by atoms with Gasteiger partial charge in [0.25, 0.3) is 0 Å². The Labute approximate surface area is 231 Å². The van der Waals surface area contributed by atoms with Crippen LogP contribution in [0.3, 0.4) is 0 Å². The molecule has 1 aromatic carbocycles. The van der Waals surface area contributed by atoms with Crippen LogP contribution < -0.4 is 10.2 Å². The molecule has 0 radical (unpaired) electrons. The highest BCUT2D eigenvalue weighted by Gasteiger charge is 2.39. The summed E-state index contributed by atoms with van der Waals surface area (Å²) in [6.45, 7) is 14.8. The van der Waals surface area contributed by atoms with E-state index in [1.807, 2.05) is 27.7 Å². The van der Waals surface area contributed by atoms with E-state index >= 15 is 0 Å². The maximum Gasteiger partial charge on any atom is 0.407 e. The van der Waals surface area contributed by atoms with E-state index in [2.05, 4.69) is 10.4 Å². The van der Waals surface area contributed by atoms with Crippen molar-refractivity contribution in [3.05, 3.63) is 35.7 Å². The van der Waals surface area contributed by atoms with E-state index < -0.39 is 26.9 Å². The molecule has 3 amide bonds. The number of nitrogens with one attached hydrogen (secondary N) is 1. The summed E-state index contributed by atoms with van der Waals surface area (Å²) in [5.41, 5.74) is 0.0788. The fourth-order valence-electron chi connectivity index (χ4n) is 4.76. The molecule has 3 rings (SSSR count). The Hall–Kier alpha value is -3.21. The third-order valence-electron chi connectivity index (χ3n) is 6.37. The minimum Gasteiger partial charge on any atom is -0.444 e. The zero-order valence-corrected chi connectivity index (χ0v) is 24.9. The van der Waals surface area contributed by atoms with Crippen molar-refractivity contribution in [1.82, 2.24) is 15.1 Å². The summed E-state index contributed by atoms with van der Waals surface area (Å²) in [6.07, 6.45) is 0.584. The zero-order valence-electron chi connectivity index (χ0n) is 24.1. The Balaban J connectivity index is 1.96. The van der Waals surface area contributed by atoms with E-state index in [9.17, 15) is 22.8 Å². The number of nitrogens with zero attached hydrogens (tertiary/aromatic N) is 3. The van der Waals surface area contributed by atoms with Crippen LogP contribution in [0.4, 0.5) is 10.5 Å². The molecule has 10 nitrogen and oxygen atoms in total. The number of carbonyl (C=O) groups is 3. The van der Waals surface area contributed by atoms with Gasteiger partial charge in [-0.3, -0.25) is 19.2 Å². The standard InChI is InChI=1S/C28H40N4O6S/c1-9-21-25(22(10-2)31(30-21)17-18(3)29-26(35)38-27(4,5)6)39(36,37)20-13-11-12-19(14-20)32-23(33)15-28(7,8)16-24(32)34/h11-14,18H,9-10,15-17H2,1-8H3,(H,29,35). The van der Waals surface area contributed by atoms with Gasteiger partial charge in [0.1, 0.15) is 10.5 Å². The molecule has 1 unspecified atom stereocenters. The molecular weight excluding hydrogens is 520 g/mol. The molecular formula is C28H40N4O6S. The first-order valence-electron chi connectivity index (χ1n) is 13.3. The van der Waals surface area contributed by atoms with Gasteiger partial charge < -0.3 is 10.1 Å². The van der Waals surface area contributed by atoms with Gasteiger partial charge >= 0.3 is 6.09 Å². The molecule has 1 aliphatic rings. The van der Waals surface area contributed by atoms with Gasteiger partial charge in [-0.25, -0.2) is 13.2 Å². The molecule has 1 N–H and O–H groups in total. The zero-order chi connectivity index (χ0) is 29.3. The van der Waals surface area contributed by atoms with Gasteiger partial charge in [0.15, 0.2) is 0 Å². The first kappa shape index (κ1) is 30.3. The molecule has 11 heteroatoms. The lowest BCUT2D eigenvalue weighted by Crippen LogP contribution is -2.46. The van der Waals surface area contributed by atoms with E-state index in [0.717, 1.165) is 4.90 Å². The van der Waals surface area contributed by atoms with E-state index in [4.69, 9.17) is 4.74 Å². The van der Waals surface area contributed by atoms with Crippen LogP contribution in [0.1, 0.15) is 79.6 Å². The number of benzene rings is 1. The van der Waals surface area contributed by atoms with Crippen LogP contribution >= 0.6 is 0 Å². The number of imide groups is 1. The van der Waals surface area contributed by atoms with Gasteiger partial charge in [-0.1, -0.05) is 33.8 Å². The topological polar surface area (TPSA) is 128 Å². The summed E-state index contributed by atoms with van der Waals surface area (Å²) in [5.74, 6) is -0.706. The molecule has 1 atom stereocenters. The lowest BCUT2D eigenvalue weighted by atomic mass is 9.81. The van der Waals surface area contributed by atoms with Crippen molar-refractivity contribution in [3.8, 4) is 0 Å². The number of rotatable bonds is 8. The van der Waals surface area contributed by atoms with Crippen molar-refractivity contribution in [3.63, 3.8) is 0 Å². The Morgan fingerprint density at radius 3 is 2.28 bits per heavy atom. The summed E-state index contributed by atoms with van der Waals surface area (Å²) in [7, 11) is -4.05. The number of aryl methyl sites for hydroxylation is 1. The molecule has 0 aliphatic carbocycles. The summed E-state index contributed by atoms with van der Waals surface area (Å²) < 4.78 is 34.9. The maximum absolute atomic E-state index is 14.0. The smallest absolute Gasteiger partial charge is 0.407 e. The van der Waals surface area contributed by atoms with Gasteiger partial charge in [0, 0.05) is 18.9 Å². The first-order chi connectivity index (χ1) is 18.0. The molecule has 214 valence electrons. The molecule has 1 fully saturated rings. The summed E-state index contributed by atoms with van der Waals surface area (Å²) in [6, 6.07) is 5.57.